The molecule has 6 nitrogen and oxygen atoms in total. The van der Waals surface area contributed by atoms with E-state index in [1.54, 1.807) is 32.9 Å². The molecule has 0 atom stereocenters. The number of rotatable bonds is 4. The Morgan fingerprint density at radius 3 is 2.00 bits per heavy atom. The summed E-state index contributed by atoms with van der Waals surface area (Å²) in [6, 6.07) is 10.9. The fraction of sp³-hybridized carbons (Fsp3) is 0.263. The molecule has 0 aliphatic heterocycles. The Balaban J connectivity index is 1.99. The van der Waals surface area contributed by atoms with Crippen LogP contribution in [0, 0.1) is 0 Å². The van der Waals surface area contributed by atoms with Crippen LogP contribution in [-0.4, -0.2) is 24.0 Å². The summed E-state index contributed by atoms with van der Waals surface area (Å²) in [5.41, 5.74) is 0.204. The van der Waals surface area contributed by atoms with Crippen LogP contribution in [0.4, 0.5) is 29.3 Å². The second-order valence-electron chi connectivity index (χ2n) is 6.73. The van der Waals surface area contributed by atoms with Crippen molar-refractivity contribution < 1.29 is 32.2 Å². The van der Waals surface area contributed by atoms with E-state index in [2.05, 4.69) is 15.4 Å². The maximum atomic E-state index is 12.3. The smallest absolute Gasteiger partial charge is 0.444 e. The first-order valence-corrected chi connectivity index (χ1v) is 8.18. The predicted octanol–water partition coefficient (Wildman–Crippen LogP) is 5.18. The summed E-state index contributed by atoms with van der Waals surface area (Å²) in [5.74, 6) is -1.10. The first-order chi connectivity index (χ1) is 12.9. The van der Waals surface area contributed by atoms with E-state index in [4.69, 9.17) is 4.74 Å². The molecule has 0 aliphatic rings. The van der Waals surface area contributed by atoms with Crippen LogP contribution < -0.4 is 15.4 Å². The summed E-state index contributed by atoms with van der Waals surface area (Å²) in [4.78, 5) is 23.9. The van der Waals surface area contributed by atoms with Crippen LogP contribution in [0.2, 0.25) is 0 Å². The molecule has 0 saturated carbocycles. The fourth-order valence-electron chi connectivity index (χ4n) is 2.10. The third kappa shape index (κ3) is 7.18. The SMILES string of the molecule is CC(C)(C)OC(=O)Nc1ccc(NC(=O)c2cccc(OC(F)(F)F)c2)cc1. The molecule has 0 radical (unpaired) electrons. The molecule has 2 aromatic carbocycles. The molecule has 0 fully saturated rings. The van der Waals surface area contributed by atoms with Gasteiger partial charge in [0.15, 0.2) is 0 Å². The zero-order chi connectivity index (χ0) is 20.9. The standard InChI is InChI=1S/C19H19F3N2O4/c1-18(2,3)28-17(26)24-14-9-7-13(8-10-14)23-16(25)12-5-4-6-15(11-12)27-19(20,21)22/h4-11H,1-3H3,(H,23,25)(H,24,26). The quantitative estimate of drug-likeness (QED) is 0.746. The molecule has 0 spiro atoms. The summed E-state index contributed by atoms with van der Waals surface area (Å²) >= 11 is 0. The number of anilines is 2. The number of halogens is 3. The predicted molar refractivity (Wildman–Crippen MR) is 97.4 cm³/mol. The average molecular weight is 396 g/mol. The van der Waals surface area contributed by atoms with Gasteiger partial charge in [0.05, 0.1) is 0 Å². The first kappa shape index (κ1) is 21.1. The van der Waals surface area contributed by atoms with Crippen molar-refractivity contribution >= 4 is 23.4 Å². The van der Waals surface area contributed by atoms with E-state index in [-0.39, 0.29) is 5.56 Å². The maximum absolute atomic E-state index is 12.3. The van der Waals surface area contributed by atoms with Crippen molar-refractivity contribution in [3.63, 3.8) is 0 Å². The maximum Gasteiger partial charge on any atom is 0.573 e. The van der Waals surface area contributed by atoms with Gasteiger partial charge in [-0.3, -0.25) is 10.1 Å². The van der Waals surface area contributed by atoms with Gasteiger partial charge in [-0.25, -0.2) is 4.79 Å². The van der Waals surface area contributed by atoms with Crippen molar-refractivity contribution in [3.8, 4) is 5.75 Å². The minimum absolute atomic E-state index is 0.00212. The van der Waals surface area contributed by atoms with Crippen molar-refractivity contribution in [2.75, 3.05) is 10.6 Å². The molecule has 0 aromatic heterocycles. The van der Waals surface area contributed by atoms with E-state index in [0.717, 1.165) is 12.1 Å². The third-order valence-corrected chi connectivity index (χ3v) is 3.12. The van der Waals surface area contributed by atoms with Crippen LogP contribution in [0.3, 0.4) is 0 Å². The molecule has 150 valence electrons. The molecule has 9 heteroatoms. The van der Waals surface area contributed by atoms with Gasteiger partial charge in [-0.05, 0) is 63.2 Å². The molecule has 28 heavy (non-hydrogen) atoms. The second kappa shape index (κ2) is 8.20. The van der Waals surface area contributed by atoms with Gasteiger partial charge in [-0.2, -0.15) is 0 Å². The van der Waals surface area contributed by atoms with Gasteiger partial charge in [0.25, 0.3) is 5.91 Å². The lowest BCUT2D eigenvalue weighted by Crippen LogP contribution is -2.27. The highest BCUT2D eigenvalue weighted by molar-refractivity contribution is 6.04. The van der Waals surface area contributed by atoms with E-state index in [9.17, 15) is 22.8 Å². The molecule has 2 aromatic rings. The van der Waals surface area contributed by atoms with Gasteiger partial charge in [0.1, 0.15) is 11.4 Å². The van der Waals surface area contributed by atoms with Crippen molar-refractivity contribution in [2.45, 2.75) is 32.7 Å². The number of ether oxygens (including phenoxy) is 2. The van der Waals surface area contributed by atoms with Crippen molar-refractivity contribution in [2.24, 2.45) is 0 Å². The van der Waals surface area contributed by atoms with Crippen LogP contribution in [0.1, 0.15) is 31.1 Å². The summed E-state index contributed by atoms with van der Waals surface area (Å²) in [5, 5.41) is 5.09. The Morgan fingerprint density at radius 2 is 1.46 bits per heavy atom. The molecule has 0 bridgehead atoms. The number of hydrogen-bond acceptors (Lipinski definition) is 4. The largest absolute Gasteiger partial charge is 0.573 e. The van der Waals surface area contributed by atoms with Gasteiger partial charge in [0, 0.05) is 16.9 Å². The first-order valence-electron chi connectivity index (χ1n) is 8.18. The molecule has 0 unspecified atom stereocenters. The highest BCUT2D eigenvalue weighted by atomic mass is 19.4. The van der Waals surface area contributed by atoms with Crippen LogP contribution >= 0.6 is 0 Å². The number of hydrogen-bond donors (Lipinski definition) is 2. The summed E-state index contributed by atoms with van der Waals surface area (Å²) in [6.45, 7) is 5.21. The Hall–Kier alpha value is -3.23. The fourth-order valence-corrected chi connectivity index (χ4v) is 2.10. The Morgan fingerprint density at radius 1 is 0.893 bits per heavy atom. The van der Waals surface area contributed by atoms with E-state index >= 15 is 0 Å². The van der Waals surface area contributed by atoms with Gasteiger partial charge in [-0.15, -0.1) is 13.2 Å². The minimum atomic E-state index is -4.84. The zero-order valence-electron chi connectivity index (χ0n) is 15.4. The number of amides is 2. The van der Waals surface area contributed by atoms with Crippen LogP contribution in [0.15, 0.2) is 48.5 Å². The number of carbonyl (C=O) groups is 2. The van der Waals surface area contributed by atoms with E-state index < -0.39 is 29.7 Å². The average Bonchev–Trinajstić information content (AvgIpc) is 2.53. The van der Waals surface area contributed by atoms with Crippen molar-refractivity contribution in [1.82, 2.24) is 0 Å². The molecule has 2 rings (SSSR count). The number of benzene rings is 2. The number of alkyl halides is 3. The monoisotopic (exact) mass is 396 g/mol. The third-order valence-electron chi connectivity index (χ3n) is 3.12. The van der Waals surface area contributed by atoms with Crippen molar-refractivity contribution in [1.29, 1.82) is 0 Å². The van der Waals surface area contributed by atoms with Gasteiger partial charge < -0.3 is 14.8 Å². The van der Waals surface area contributed by atoms with Gasteiger partial charge in [-0.1, -0.05) is 6.07 Å². The normalized spacial score (nSPS) is 11.5. The number of carbonyl (C=O) groups excluding carboxylic acids is 2. The molecule has 2 amide bonds. The van der Waals surface area contributed by atoms with Crippen LogP contribution in [-0.2, 0) is 4.74 Å². The summed E-state index contributed by atoms with van der Waals surface area (Å²) in [6.07, 6.45) is -5.46. The minimum Gasteiger partial charge on any atom is -0.444 e. The van der Waals surface area contributed by atoms with Crippen molar-refractivity contribution in [3.05, 3.63) is 54.1 Å². The molecule has 0 heterocycles. The molecular weight excluding hydrogens is 377 g/mol. The lowest BCUT2D eigenvalue weighted by molar-refractivity contribution is -0.274. The van der Waals surface area contributed by atoms with E-state index in [1.807, 2.05) is 0 Å². The molecule has 2 N–H and O–H groups in total. The zero-order valence-corrected chi connectivity index (χ0v) is 15.4. The van der Waals surface area contributed by atoms with E-state index in [1.165, 1.54) is 24.3 Å². The Kier molecular flexibility index (Phi) is 6.17. The summed E-state index contributed by atoms with van der Waals surface area (Å²) in [7, 11) is 0. The van der Waals surface area contributed by atoms with E-state index in [0.29, 0.717) is 11.4 Å². The molecule has 0 aliphatic carbocycles. The van der Waals surface area contributed by atoms with Crippen LogP contribution in [0.25, 0.3) is 0 Å². The Bertz CT molecular complexity index is 843. The molecule has 0 saturated heterocycles. The number of nitrogens with one attached hydrogen (secondary N) is 2. The second-order valence-corrected chi connectivity index (χ2v) is 6.73. The Labute approximate surface area is 159 Å². The highest BCUT2D eigenvalue weighted by Crippen LogP contribution is 2.24. The van der Waals surface area contributed by atoms with Crippen LogP contribution in [0.5, 0.6) is 5.75 Å². The van der Waals surface area contributed by atoms with Gasteiger partial charge in [0.2, 0.25) is 0 Å². The lowest BCUT2D eigenvalue weighted by atomic mass is 10.2. The molecular formula is C19H19F3N2O4. The highest BCUT2D eigenvalue weighted by Gasteiger charge is 2.31. The lowest BCUT2D eigenvalue weighted by Gasteiger charge is -2.19. The van der Waals surface area contributed by atoms with Gasteiger partial charge >= 0.3 is 12.5 Å². The summed E-state index contributed by atoms with van der Waals surface area (Å²) < 4.78 is 45.8. The topological polar surface area (TPSA) is 76.7 Å².